The number of nitrogens with one attached hydrogen (secondary N) is 1. The third kappa shape index (κ3) is 3.26. The normalized spacial score (nSPS) is 15.8. The lowest BCUT2D eigenvalue weighted by Gasteiger charge is -2.15. The fourth-order valence-corrected chi connectivity index (χ4v) is 2.76. The second-order valence-corrected chi connectivity index (χ2v) is 5.30. The highest BCUT2D eigenvalue weighted by molar-refractivity contribution is 5.40. The van der Waals surface area contributed by atoms with Crippen LogP contribution in [0.4, 0.5) is 0 Å². The van der Waals surface area contributed by atoms with E-state index >= 15 is 0 Å². The van der Waals surface area contributed by atoms with Crippen molar-refractivity contribution < 1.29 is 0 Å². The van der Waals surface area contributed by atoms with E-state index in [9.17, 15) is 0 Å². The van der Waals surface area contributed by atoms with E-state index in [2.05, 4.69) is 39.6 Å². The van der Waals surface area contributed by atoms with Crippen molar-refractivity contribution in [1.29, 1.82) is 0 Å². The summed E-state index contributed by atoms with van der Waals surface area (Å²) in [5.41, 5.74) is 2.45. The van der Waals surface area contributed by atoms with Crippen molar-refractivity contribution in [2.75, 3.05) is 26.2 Å². The van der Waals surface area contributed by atoms with Gasteiger partial charge in [0.15, 0.2) is 0 Å². The van der Waals surface area contributed by atoms with Gasteiger partial charge >= 0.3 is 0 Å². The molecule has 1 aliphatic heterocycles. The summed E-state index contributed by atoms with van der Waals surface area (Å²) in [5.74, 6) is 0. The predicted octanol–water partition coefficient (Wildman–Crippen LogP) is 2.06. The summed E-state index contributed by atoms with van der Waals surface area (Å²) >= 11 is 0. The SMILES string of the molecule is c1ccc(-n2cccn2)c(CNCCN2CCCC2)c1. The zero-order valence-electron chi connectivity index (χ0n) is 11.8. The van der Waals surface area contributed by atoms with Crippen LogP contribution in [0.25, 0.3) is 5.69 Å². The van der Waals surface area contributed by atoms with Crippen LogP contribution in [0.2, 0.25) is 0 Å². The molecule has 1 aromatic heterocycles. The Balaban J connectivity index is 1.54. The average molecular weight is 270 g/mol. The minimum atomic E-state index is 0.893. The summed E-state index contributed by atoms with van der Waals surface area (Å²) < 4.78 is 1.93. The average Bonchev–Trinajstić information content (AvgIpc) is 3.17. The molecule has 1 saturated heterocycles. The van der Waals surface area contributed by atoms with E-state index in [1.807, 2.05) is 23.1 Å². The summed E-state index contributed by atoms with van der Waals surface area (Å²) in [7, 11) is 0. The van der Waals surface area contributed by atoms with Gasteiger partial charge in [-0.25, -0.2) is 4.68 Å². The Morgan fingerprint density at radius 1 is 1.10 bits per heavy atom. The molecule has 2 heterocycles. The molecule has 4 nitrogen and oxygen atoms in total. The first-order valence-electron chi connectivity index (χ1n) is 7.44. The van der Waals surface area contributed by atoms with Gasteiger partial charge in [-0.1, -0.05) is 18.2 Å². The highest BCUT2D eigenvalue weighted by Crippen LogP contribution is 2.13. The smallest absolute Gasteiger partial charge is 0.0690 e. The summed E-state index contributed by atoms with van der Waals surface area (Å²) in [6.07, 6.45) is 6.53. The molecule has 0 atom stereocenters. The van der Waals surface area contributed by atoms with Crippen LogP contribution >= 0.6 is 0 Å². The molecule has 4 heteroatoms. The predicted molar refractivity (Wildman–Crippen MR) is 80.9 cm³/mol. The molecule has 0 radical (unpaired) electrons. The Kier molecular flexibility index (Phi) is 4.46. The van der Waals surface area contributed by atoms with Crippen molar-refractivity contribution in [1.82, 2.24) is 20.0 Å². The molecule has 106 valence electrons. The summed E-state index contributed by atoms with van der Waals surface area (Å²) in [5, 5.41) is 7.87. The Morgan fingerprint density at radius 2 is 1.95 bits per heavy atom. The van der Waals surface area contributed by atoms with Crippen LogP contribution in [0.15, 0.2) is 42.7 Å². The Labute approximate surface area is 120 Å². The number of likely N-dealkylation sites (tertiary alicyclic amines) is 1. The molecule has 1 aromatic carbocycles. The standard InChI is InChI=1S/C16H22N4/c1-2-7-16(20-12-5-8-18-20)15(6-1)14-17-9-13-19-10-3-4-11-19/h1-2,5-8,12,17H,3-4,9-11,13-14H2. The van der Waals surface area contributed by atoms with E-state index in [0.29, 0.717) is 0 Å². The van der Waals surface area contributed by atoms with Gasteiger partial charge in [-0.05, 0) is 43.6 Å². The van der Waals surface area contributed by atoms with E-state index in [1.165, 1.54) is 31.5 Å². The summed E-state index contributed by atoms with van der Waals surface area (Å²) in [6.45, 7) is 5.64. The van der Waals surface area contributed by atoms with Crippen LogP contribution in [-0.4, -0.2) is 40.9 Å². The molecule has 3 rings (SSSR count). The van der Waals surface area contributed by atoms with Crippen molar-refractivity contribution in [2.45, 2.75) is 19.4 Å². The fraction of sp³-hybridized carbons (Fsp3) is 0.438. The lowest BCUT2D eigenvalue weighted by Crippen LogP contribution is -2.29. The lowest BCUT2D eigenvalue weighted by atomic mass is 10.2. The number of nitrogens with zero attached hydrogens (tertiary/aromatic N) is 3. The first-order chi connectivity index (χ1) is 9.93. The van der Waals surface area contributed by atoms with E-state index in [4.69, 9.17) is 0 Å². The molecular formula is C16H22N4. The van der Waals surface area contributed by atoms with Crippen LogP contribution in [-0.2, 0) is 6.54 Å². The van der Waals surface area contributed by atoms with Gasteiger partial charge in [0.2, 0.25) is 0 Å². The maximum absolute atomic E-state index is 4.32. The number of para-hydroxylation sites is 1. The third-order valence-corrected chi connectivity index (χ3v) is 3.86. The van der Waals surface area contributed by atoms with Crippen molar-refractivity contribution in [3.8, 4) is 5.69 Å². The van der Waals surface area contributed by atoms with Crippen molar-refractivity contribution >= 4 is 0 Å². The first-order valence-corrected chi connectivity index (χ1v) is 7.44. The molecule has 0 bridgehead atoms. The monoisotopic (exact) mass is 270 g/mol. The minimum Gasteiger partial charge on any atom is -0.311 e. The zero-order valence-corrected chi connectivity index (χ0v) is 11.8. The van der Waals surface area contributed by atoms with E-state index in [-0.39, 0.29) is 0 Å². The van der Waals surface area contributed by atoms with Gasteiger partial charge < -0.3 is 10.2 Å². The fourth-order valence-electron chi connectivity index (χ4n) is 2.76. The van der Waals surface area contributed by atoms with Gasteiger partial charge in [-0.15, -0.1) is 0 Å². The number of hydrogen-bond acceptors (Lipinski definition) is 3. The maximum atomic E-state index is 4.32. The van der Waals surface area contributed by atoms with Gasteiger partial charge in [0.1, 0.15) is 0 Å². The van der Waals surface area contributed by atoms with Crippen LogP contribution < -0.4 is 5.32 Å². The topological polar surface area (TPSA) is 33.1 Å². The minimum absolute atomic E-state index is 0.893. The van der Waals surface area contributed by atoms with Crippen LogP contribution in [0, 0.1) is 0 Å². The second kappa shape index (κ2) is 6.68. The maximum Gasteiger partial charge on any atom is 0.0690 e. The quantitative estimate of drug-likeness (QED) is 0.816. The first kappa shape index (κ1) is 13.3. The van der Waals surface area contributed by atoms with Gasteiger partial charge in [-0.2, -0.15) is 5.10 Å². The number of hydrogen-bond donors (Lipinski definition) is 1. The van der Waals surface area contributed by atoms with E-state index < -0.39 is 0 Å². The molecule has 0 amide bonds. The van der Waals surface area contributed by atoms with Gasteiger partial charge in [0.25, 0.3) is 0 Å². The second-order valence-electron chi connectivity index (χ2n) is 5.30. The molecular weight excluding hydrogens is 248 g/mol. The van der Waals surface area contributed by atoms with Crippen LogP contribution in [0.1, 0.15) is 18.4 Å². The highest BCUT2D eigenvalue weighted by Gasteiger charge is 2.10. The van der Waals surface area contributed by atoms with Crippen molar-refractivity contribution in [2.24, 2.45) is 0 Å². The molecule has 0 spiro atoms. The number of rotatable bonds is 6. The van der Waals surface area contributed by atoms with Crippen LogP contribution in [0.5, 0.6) is 0 Å². The largest absolute Gasteiger partial charge is 0.311 e. The number of benzene rings is 1. The highest BCUT2D eigenvalue weighted by atomic mass is 15.3. The summed E-state index contributed by atoms with van der Waals surface area (Å²) in [6, 6.07) is 10.4. The Morgan fingerprint density at radius 3 is 2.75 bits per heavy atom. The molecule has 1 fully saturated rings. The van der Waals surface area contributed by atoms with Crippen molar-refractivity contribution in [3.63, 3.8) is 0 Å². The molecule has 0 saturated carbocycles. The Bertz CT molecular complexity index is 515. The molecule has 0 aliphatic carbocycles. The van der Waals surface area contributed by atoms with Gasteiger partial charge in [0, 0.05) is 32.0 Å². The summed E-state index contributed by atoms with van der Waals surface area (Å²) in [4.78, 5) is 2.53. The zero-order chi connectivity index (χ0) is 13.6. The third-order valence-electron chi connectivity index (χ3n) is 3.86. The van der Waals surface area contributed by atoms with Gasteiger partial charge in [-0.3, -0.25) is 0 Å². The van der Waals surface area contributed by atoms with E-state index in [1.54, 1.807) is 0 Å². The van der Waals surface area contributed by atoms with Crippen molar-refractivity contribution in [3.05, 3.63) is 48.3 Å². The molecule has 20 heavy (non-hydrogen) atoms. The molecule has 1 aliphatic rings. The van der Waals surface area contributed by atoms with Crippen LogP contribution in [0.3, 0.4) is 0 Å². The Hall–Kier alpha value is -1.65. The number of aromatic nitrogens is 2. The van der Waals surface area contributed by atoms with Gasteiger partial charge in [0.05, 0.1) is 5.69 Å². The molecule has 0 unspecified atom stereocenters. The molecule has 2 aromatic rings. The molecule has 1 N–H and O–H groups in total. The van der Waals surface area contributed by atoms with E-state index in [0.717, 1.165) is 25.3 Å². The lowest BCUT2D eigenvalue weighted by molar-refractivity contribution is 0.335.